The van der Waals surface area contributed by atoms with Crippen LogP contribution in [0.5, 0.6) is 0 Å². The van der Waals surface area contributed by atoms with E-state index in [9.17, 15) is 0 Å². The second-order valence-corrected chi connectivity index (χ2v) is 3.32. The lowest BCUT2D eigenvalue weighted by Gasteiger charge is -2.19. The van der Waals surface area contributed by atoms with E-state index in [0.717, 1.165) is 6.42 Å². The summed E-state index contributed by atoms with van der Waals surface area (Å²) in [5, 5.41) is 0. The number of nitrogens with zero attached hydrogens (tertiary/aromatic N) is 1. The molecule has 0 aromatic rings. The van der Waals surface area contributed by atoms with Crippen LogP contribution in [0, 0.1) is 6.42 Å². The molecule has 1 aliphatic rings. The third kappa shape index (κ3) is 1.63. The van der Waals surface area contributed by atoms with Gasteiger partial charge in [0.2, 0.25) is 0 Å². The summed E-state index contributed by atoms with van der Waals surface area (Å²) in [7, 11) is 4.10. The smallest absolute Gasteiger partial charge is 0.0461 e. The third-order valence-corrected chi connectivity index (χ3v) is 2.11. The van der Waals surface area contributed by atoms with Crippen LogP contribution in [0.15, 0.2) is 22.3 Å². The predicted octanol–water partition coefficient (Wildman–Crippen LogP) is 2.32. The zero-order valence-electron chi connectivity index (χ0n) is 6.26. The monoisotopic (exact) mass is 200 g/mol. The van der Waals surface area contributed by atoms with Crippen LogP contribution in [0.2, 0.25) is 0 Å². The Hall–Kier alpha value is -0.240. The Labute approximate surface area is 70.5 Å². The Morgan fingerprint density at radius 2 is 2.20 bits per heavy atom. The van der Waals surface area contributed by atoms with Crippen LogP contribution in [-0.2, 0) is 0 Å². The van der Waals surface area contributed by atoms with Crippen LogP contribution < -0.4 is 0 Å². The summed E-state index contributed by atoms with van der Waals surface area (Å²) in [6, 6.07) is 0. The third-order valence-electron chi connectivity index (χ3n) is 1.44. The molecule has 1 nitrogen and oxygen atoms in total. The van der Waals surface area contributed by atoms with Crippen molar-refractivity contribution in [1.29, 1.82) is 0 Å². The first-order valence-corrected chi connectivity index (χ1v) is 4.08. The van der Waals surface area contributed by atoms with Crippen molar-refractivity contribution in [3.05, 3.63) is 28.8 Å². The number of hydrogen-bond donors (Lipinski definition) is 0. The van der Waals surface area contributed by atoms with Crippen LogP contribution in [0.4, 0.5) is 0 Å². The van der Waals surface area contributed by atoms with Gasteiger partial charge in [0.15, 0.2) is 0 Å². The van der Waals surface area contributed by atoms with Gasteiger partial charge in [-0.3, -0.25) is 0 Å². The summed E-state index contributed by atoms with van der Waals surface area (Å²) in [4.78, 5) is 2.10. The van der Waals surface area contributed by atoms with E-state index in [1.165, 1.54) is 10.2 Å². The molecule has 1 aliphatic carbocycles. The lowest BCUT2D eigenvalue weighted by atomic mass is 10.1. The van der Waals surface area contributed by atoms with Crippen molar-refractivity contribution in [2.45, 2.75) is 6.42 Å². The van der Waals surface area contributed by atoms with E-state index in [-0.39, 0.29) is 0 Å². The average Bonchev–Trinajstić information content (AvgIpc) is 1.88. The molecule has 0 unspecified atom stereocenters. The Balaban J connectivity index is 2.74. The minimum absolute atomic E-state index is 1.04. The Kier molecular flexibility index (Phi) is 2.55. The Morgan fingerprint density at radius 1 is 1.50 bits per heavy atom. The molecule has 55 valence electrons. The standard InChI is InChI=1S/C8H11BrN/c1-10(2)8-6-4-3-5-7(8)9/h3,5-6H,4H2,1-2H3. The lowest BCUT2D eigenvalue weighted by molar-refractivity contribution is 0.524. The molecular weight excluding hydrogens is 190 g/mol. The van der Waals surface area contributed by atoms with E-state index in [1.54, 1.807) is 0 Å². The van der Waals surface area contributed by atoms with E-state index in [4.69, 9.17) is 0 Å². The van der Waals surface area contributed by atoms with Crippen LogP contribution in [0.25, 0.3) is 0 Å². The van der Waals surface area contributed by atoms with Gasteiger partial charge in [0.05, 0.1) is 0 Å². The van der Waals surface area contributed by atoms with Gasteiger partial charge in [0.25, 0.3) is 0 Å². The first-order valence-electron chi connectivity index (χ1n) is 3.28. The van der Waals surface area contributed by atoms with Crippen LogP contribution in [-0.4, -0.2) is 19.0 Å². The molecule has 0 atom stereocenters. The lowest BCUT2D eigenvalue weighted by Crippen LogP contribution is -2.12. The molecule has 0 saturated heterocycles. The quantitative estimate of drug-likeness (QED) is 0.629. The van der Waals surface area contributed by atoms with Crippen molar-refractivity contribution < 1.29 is 0 Å². The van der Waals surface area contributed by atoms with Gasteiger partial charge < -0.3 is 4.90 Å². The average molecular weight is 201 g/mol. The maximum atomic E-state index is 3.48. The molecule has 0 aromatic heterocycles. The molecule has 0 aliphatic heterocycles. The highest BCUT2D eigenvalue weighted by atomic mass is 79.9. The van der Waals surface area contributed by atoms with Gasteiger partial charge >= 0.3 is 0 Å². The summed E-state index contributed by atoms with van der Waals surface area (Å²) in [5.41, 5.74) is 1.27. The van der Waals surface area contributed by atoms with Gasteiger partial charge in [0, 0.05) is 24.3 Å². The molecule has 10 heavy (non-hydrogen) atoms. The normalized spacial score (nSPS) is 17.9. The summed E-state index contributed by atoms with van der Waals surface area (Å²) in [6.07, 6.45) is 7.47. The highest BCUT2D eigenvalue weighted by Gasteiger charge is 2.06. The number of likely N-dealkylation sites (N-methyl/N-ethyl adjacent to an activating group) is 1. The molecule has 0 heterocycles. The minimum Gasteiger partial charge on any atom is -0.377 e. The van der Waals surface area contributed by atoms with E-state index in [0.29, 0.717) is 0 Å². The fourth-order valence-electron chi connectivity index (χ4n) is 0.930. The van der Waals surface area contributed by atoms with Gasteiger partial charge in [0.1, 0.15) is 0 Å². The predicted molar refractivity (Wildman–Crippen MR) is 47.7 cm³/mol. The van der Waals surface area contributed by atoms with Crippen molar-refractivity contribution >= 4 is 15.9 Å². The van der Waals surface area contributed by atoms with Crippen LogP contribution in [0.3, 0.4) is 0 Å². The first-order chi connectivity index (χ1) is 4.72. The Bertz CT molecular complexity index is 180. The number of rotatable bonds is 1. The molecule has 0 bridgehead atoms. The molecular formula is C8H11BrN. The van der Waals surface area contributed by atoms with E-state index >= 15 is 0 Å². The van der Waals surface area contributed by atoms with Crippen molar-refractivity contribution in [3.8, 4) is 0 Å². The molecule has 0 fully saturated rings. The SMILES string of the molecule is CN(C)C1=CC[CH]C=C1Br. The second-order valence-electron chi connectivity index (χ2n) is 2.47. The van der Waals surface area contributed by atoms with Gasteiger partial charge in [-0.15, -0.1) is 0 Å². The zero-order chi connectivity index (χ0) is 7.56. The molecule has 2 heteroatoms. The largest absolute Gasteiger partial charge is 0.377 e. The summed E-state index contributed by atoms with van der Waals surface area (Å²) in [6.45, 7) is 0. The molecule has 0 N–H and O–H groups in total. The number of hydrogen-bond acceptors (Lipinski definition) is 1. The zero-order valence-corrected chi connectivity index (χ0v) is 7.85. The molecule has 0 saturated carbocycles. The maximum Gasteiger partial charge on any atom is 0.0461 e. The van der Waals surface area contributed by atoms with Crippen molar-refractivity contribution in [1.82, 2.24) is 4.90 Å². The molecule has 1 rings (SSSR count). The summed E-state index contributed by atoms with van der Waals surface area (Å²) in [5.74, 6) is 0. The Morgan fingerprint density at radius 3 is 2.60 bits per heavy atom. The fraction of sp³-hybridized carbons (Fsp3) is 0.375. The topological polar surface area (TPSA) is 3.24 Å². The minimum atomic E-state index is 1.04. The van der Waals surface area contributed by atoms with Crippen molar-refractivity contribution in [2.24, 2.45) is 0 Å². The highest BCUT2D eigenvalue weighted by Crippen LogP contribution is 2.24. The van der Waals surface area contributed by atoms with Gasteiger partial charge in [-0.1, -0.05) is 12.2 Å². The first kappa shape index (κ1) is 7.86. The van der Waals surface area contributed by atoms with E-state index < -0.39 is 0 Å². The molecule has 0 amide bonds. The van der Waals surface area contributed by atoms with E-state index in [1.807, 2.05) is 14.1 Å². The fourth-order valence-corrected chi connectivity index (χ4v) is 1.63. The van der Waals surface area contributed by atoms with Crippen LogP contribution in [0.1, 0.15) is 6.42 Å². The number of allylic oxidation sites excluding steroid dienone is 3. The number of halogens is 1. The van der Waals surface area contributed by atoms with Gasteiger partial charge in [-0.25, -0.2) is 0 Å². The highest BCUT2D eigenvalue weighted by molar-refractivity contribution is 9.12. The summed E-state index contributed by atoms with van der Waals surface area (Å²) < 4.78 is 1.17. The summed E-state index contributed by atoms with van der Waals surface area (Å²) >= 11 is 3.48. The second kappa shape index (κ2) is 3.24. The van der Waals surface area contributed by atoms with Crippen molar-refractivity contribution in [3.63, 3.8) is 0 Å². The molecule has 1 radical (unpaired) electrons. The maximum absolute atomic E-state index is 3.48. The molecule has 0 spiro atoms. The van der Waals surface area contributed by atoms with Gasteiger partial charge in [-0.2, -0.15) is 0 Å². The van der Waals surface area contributed by atoms with Crippen LogP contribution >= 0.6 is 15.9 Å². The van der Waals surface area contributed by atoms with Gasteiger partial charge in [-0.05, 0) is 28.8 Å². The van der Waals surface area contributed by atoms with E-state index in [2.05, 4.69) is 39.4 Å². The molecule has 0 aromatic carbocycles. The van der Waals surface area contributed by atoms with Crippen molar-refractivity contribution in [2.75, 3.05) is 14.1 Å².